The predicted octanol–water partition coefficient (Wildman–Crippen LogP) is 2.60. The van der Waals surface area contributed by atoms with Crippen LogP contribution in [-0.2, 0) is 10.0 Å². The van der Waals surface area contributed by atoms with Crippen molar-refractivity contribution < 1.29 is 17.9 Å². The van der Waals surface area contributed by atoms with Crippen LogP contribution in [0.3, 0.4) is 0 Å². The third-order valence-electron chi connectivity index (χ3n) is 6.22. The van der Waals surface area contributed by atoms with Crippen molar-refractivity contribution in [1.82, 2.24) is 14.3 Å². The maximum Gasteiger partial charge on any atom is 0.247 e. The standard InChI is InChI=1S/C24H26N6O4S/c1-33-18-6-8-21(34-2)22(14-18)35(31,32)30-11-9-29(10-12-30)24-23(26-17-4-5-17)27-19-7-3-16(15-25)13-20(19)28-24/h3,6-8,13-14,17H,4-5,9-12H2,1-2H3,(H,26,27). The van der Waals surface area contributed by atoms with Crippen molar-refractivity contribution >= 4 is 32.7 Å². The maximum absolute atomic E-state index is 13.4. The number of rotatable bonds is 7. The number of methoxy groups -OCH3 is 2. The average Bonchev–Trinajstić information content (AvgIpc) is 3.71. The van der Waals surface area contributed by atoms with E-state index in [0.717, 1.165) is 12.8 Å². The number of aromatic nitrogens is 2. The van der Waals surface area contributed by atoms with Crippen LogP contribution in [0.25, 0.3) is 11.0 Å². The van der Waals surface area contributed by atoms with Gasteiger partial charge in [-0.1, -0.05) is 0 Å². The summed E-state index contributed by atoms with van der Waals surface area (Å²) in [7, 11) is -0.850. The largest absolute Gasteiger partial charge is 0.497 e. The summed E-state index contributed by atoms with van der Waals surface area (Å²) >= 11 is 0. The van der Waals surface area contributed by atoms with Crippen molar-refractivity contribution in [3.8, 4) is 17.6 Å². The number of ether oxygens (including phenoxy) is 2. The number of nitrogens with one attached hydrogen (secondary N) is 1. The molecule has 0 atom stereocenters. The van der Waals surface area contributed by atoms with Crippen molar-refractivity contribution in [2.24, 2.45) is 0 Å². The highest BCUT2D eigenvalue weighted by Gasteiger charge is 2.33. The molecule has 182 valence electrons. The van der Waals surface area contributed by atoms with Crippen molar-refractivity contribution in [2.75, 3.05) is 50.6 Å². The summed E-state index contributed by atoms with van der Waals surface area (Å²) < 4.78 is 38.9. The summed E-state index contributed by atoms with van der Waals surface area (Å²) in [5, 5.41) is 12.7. The zero-order valence-electron chi connectivity index (χ0n) is 19.6. The van der Waals surface area contributed by atoms with Crippen LogP contribution in [0.15, 0.2) is 41.3 Å². The van der Waals surface area contributed by atoms with Gasteiger partial charge in [0, 0.05) is 38.3 Å². The van der Waals surface area contributed by atoms with Crippen molar-refractivity contribution in [2.45, 2.75) is 23.8 Å². The van der Waals surface area contributed by atoms with Gasteiger partial charge in [-0.25, -0.2) is 18.4 Å². The van der Waals surface area contributed by atoms with Crippen LogP contribution in [0.2, 0.25) is 0 Å². The van der Waals surface area contributed by atoms with Gasteiger partial charge in [-0.15, -0.1) is 0 Å². The first-order valence-electron chi connectivity index (χ1n) is 11.4. The molecule has 3 aromatic rings. The van der Waals surface area contributed by atoms with Crippen LogP contribution < -0.4 is 19.7 Å². The number of piperazine rings is 1. The van der Waals surface area contributed by atoms with E-state index in [2.05, 4.69) is 11.4 Å². The first kappa shape index (κ1) is 23.1. The van der Waals surface area contributed by atoms with E-state index >= 15 is 0 Å². The minimum atomic E-state index is -3.79. The van der Waals surface area contributed by atoms with Crippen LogP contribution in [0.1, 0.15) is 18.4 Å². The Morgan fingerprint density at radius 1 is 1.00 bits per heavy atom. The Kier molecular flexibility index (Phi) is 6.08. The Hall–Kier alpha value is -3.62. The van der Waals surface area contributed by atoms with Gasteiger partial charge in [-0.3, -0.25) is 0 Å². The molecule has 2 aliphatic rings. The van der Waals surface area contributed by atoms with Crippen molar-refractivity contribution in [3.63, 3.8) is 0 Å². The molecule has 2 fully saturated rings. The van der Waals surface area contributed by atoms with Crippen molar-refractivity contribution in [1.29, 1.82) is 5.26 Å². The van der Waals surface area contributed by atoms with E-state index in [1.54, 1.807) is 30.3 Å². The molecule has 1 saturated heterocycles. The lowest BCUT2D eigenvalue weighted by atomic mass is 10.2. The second kappa shape index (κ2) is 9.20. The van der Waals surface area contributed by atoms with Gasteiger partial charge in [0.15, 0.2) is 11.6 Å². The highest BCUT2D eigenvalue weighted by molar-refractivity contribution is 7.89. The Balaban J connectivity index is 1.42. The lowest BCUT2D eigenvalue weighted by molar-refractivity contribution is 0.370. The average molecular weight is 495 g/mol. The summed E-state index contributed by atoms with van der Waals surface area (Å²) in [6.07, 6.45) is 2.17. The number of sulfonamides is 1. The van der Waals surface area contributed by atoms with Gasteiger partial charge in [0.1, 0.15) is 16.4 Å². The second-order valence-corrected chi connectivity index (χ2v) is 10.4. The minimum Gasteiger partial charge on any atom is -0.497 e. The third-order valence-corrected chi connectivity index (χ3v) is 8.14. The molecular weight excluding hydrogens is 468 g/mol. The topological polar surface area (TPSA) is 121 Å². The van der Waals surface area contributed by atoms with Gasteiger partial charge in [-0.2, -0.15) is 9.57 Å². The summed E-state index contributed by atoms with van der Waals surface area (Å²) in [5.41, 5.74) is 1.86. The fourth-order valence-electron chi connectivity index (χ4n) is 4.12. The van der Waals surface area contributed by atoms with Crippen molar-refractivity contribution in [3.05, 3.63) is 42.0 Å². The predicted molar refractivity (Wildman–Crippen MR) is 131 cm³/mol. The molecule has 1 aliphatic carbocycles. The molecule has 1 N–H and O–H groups in total. The smallest absolute Gasteiger partial charge is 0.247 e. The molecule has 2 aromatic carbocycles. The zero-order valence-corrected chi connectivity index (χ0v) is 20.4. The van der Waals surface area contributed by atoms with Gasteiger partial charge in [0.25, 0.3) is 0 Å². The quantitative estimate of drug-likeness (QED) is 0.528. The summed E-state index contributed by atoms with van der Waals surface area (Å²) in [5.74, 6) is 2.09. The number of nitrogens with zero attached hydrogens (tertiary/aromatic N) is 5. The van der Waals surface area contributed by atoms with E-state index in [-0.39, 0.29) is 23.7 Å². The molecule has 2 heterocycles. The van der Waals surface area contributed by atoms with Crippen LogP contribution in [0.5, 0.6) is 11.5 Å². The highest BCUT2D eigenvalue weighted by atomic mass is 32.2. The SMILES string of the molecule is COc1ccc(OC)c(S(=O)(=O)N2CCN(c3nc4cc(C#N)ccc4nc3NC3CC3)CC2)c1. The molecule has 1 aromatic heterocycles. The van der Waals surface area contributed by atoms with Gasteiger partial charge < -0.3 is 19.7 Å². The maximum atomic E-state index is 13.4. The van der Waals surface area contributed by atoms with E-state index in [1.165, 1.54) is 24.6 Å². The molecule has 11 heteroatoms. The summed E-state index contributed by atoms with van der Waals surface area (Å²) in [4.78, 5) is 11.7. The van der Waals surface area contributed by atoms with Gasteiger partial charge >= 0.3 is 0 Å². The molecule has 1 aliphatic heterocycles. The van der Waals surface area contributed by atoms with E-state index in [4.69, 9.17) is 19.4 Å². The molecule has 0 bridgehead atoms. The summed E-state index contributed by atoms with van der Waals surface area (Å²) in [6, 6.07) is 12.5. The lowest BCUT2D eigenvalue weighted by Crippen LogP contribution is -2.49. The molecule has 0 unspecified atom stereocenters. The van der Waals surface area contributed by atoms with Gasteiger partial charge in [0.2, 0.25) is 10.0 Å². The van der Waals surface area contributed by atoms with E-state index in [9.17, 15) is 13.7 Å². The van der Waals surface area contributed by atoms with Crippen LogP contribution >= 0.6 is 0 Å². The monoisotopic (exact) mass is 494 g/mol. The minimum absolute atomic E-state index is 0.0819. The number of hydrogen-bond donors (Lipinski definition) is 1. The first-order chi connectivity index (χ1) is 16.9. The number of anilines is 2. The Bertz CT molecular complexity index is 1410. The van der Waals surface area contributed by atoms with E-state index < -0.39 is 10.0 Å². The van der Waals surface area contributed by atoms with Gasteiger partial charge in [0.05, 0.1) is 36.9 Å². The molecule has 10 nitrogen and oxygen atoms in total. The molecule has 0 amide bonds. The molecule has 0 spiro atoms. The highest BCUT2D eigenvalue weighted by Crippen LogP contribution is 2.34. The molecular formula is C24H26N6O4S. The van der Waals surface area contributed by atoms with E-state index in [1.807, 2.05) is 4.90 Å². The summed E-state index contributed by atoms with van der Waals surface area (Å²) in [6.45, 7) is 1.46. The third kappa shape index (κ3) is 4.54. The lowest BCUT2D eigenvalue weighted by Gasteiger charge is -2.35. The number of fused-ring (bicyclic) bond motifs is 1. The Morgan fingerprint density at radius 3 is 2.43 bits per heavy atom. The van der Waals surface area contributed by atoms with Crippen LogP contribution in [0.4, 0.5) is 11.6 Å². The fourth-order valence-corrected chi connectivity index (χ4v) is 5.71. The second-order valence-electron chi connectivity index (χ2n) is 8.54. The normalized spacial score (nSPS) is 16.7. The molecule has 0 radical (unpaired) electrons. The van der Waals surface area contributed by atoms with Gasteiger partial charge in [-0.05, 0) is 43.2 Å². The van der Waals surface area contributed by atoms with Crippen LogP contribution in [0, 0.1) is 11.3 Å². The molecule has 1 saturated carbocycles. The number of nitriles is 1. The fraction of sp³-hybridized carbons (Fsp3) is 0.375. The number of hydrogen-bond acceptors (Lipinski definition) is 9. The van der Waals surface area contributed by atoms with E-state index in [0.29, 0.717) is 53.1 Å². The Labute approximate surface area is 204 Å². The zero-order chi connectivity index (χ0) is 24.6. The first-order valence-corrected chi connectivity index (χ1v) is 12.8. The Morgan fingerprint density at radius 2 is 1.77 bits per heavy atom. The van der Waals surface area contributed by atoms with Crippen LogP contribution in [-0.4, -0.2) is 69.1 Å². The molecule has 5 rings (SSSR count). The molecule has 35 heavy (non-hydrogen) atoms. The number of benzene rings is 2.